The molecule has 7 heteroatoms. The van der Waals surface area contributed by atoms with Crippen molar-refractivity contribution in [2.45, 2.75) is 25.1 Å². The summed E-state index contributed by atoms with van der Waals surface area (Å²) < 4.78 is 11.7. The van der Waals surface area contributed by atoms with Gasteiger partial charge in [0.25, 0.3) is 0 Å². The minimum absolute atomic E-state index is 0.176. The Morgan fingerprint density at radius 2 is 1.33 bits per heavy atom. The summed E-state index contributed by atoms with van der Waals surface area (Å²) >= 11 is 9.94. The molecule has 0 aliphatic carbocycles. The zero-order valence-corrected chi connectivity index (χ0v) is 19.8. The van der Waals surface area contributed by atoms with Gasteiger partial charge in [-0.3, -0.25) is 9.59 Å². The molecule has 1 unspecified atom stereocenters. The van der Waals surface area contributed by atoms with Crippen molar-refractivity contribution in [2.75, 3.05) is 13.2 Å². The summed E-state index contributed by atoms with van der Waals surface area (Å²) in [6.45, 7) is 4.44. The van der Waals surface area contributed by atoms with Crippen LogP contribution in [0.4, 0.5) is 0 Å². The fourth-order valence-electron chi connectivity index (χ4n) is 1.96. The largest absolute Gasteiger partial charge is 0.466 e. The van der Waals surface area contributed by atoms with E-state index in [1.807, 2.05) is 48.5 Å². The molecule has 0 aromatic heterocycles. The lowest BCUT2D eigenvalue weighted by Crippen LogP contribution is -2.10. The molecule has 4 nitrogen and oxygen atoms in total. The van der Waals surface area contributed by atoms with E-state index in [4.69, 9.17) is 9.47 Å². The molecular weight excluding hydrogens is 544 g/mol. The third kappa shape index (κ3) is 9.53. The number of carbonyl (C=O) groups is 2. The summed E-state index contributed by atoms with van der Waals surface area (Å²) in [6.07, 6.45) is 0.348. The number of alkyl halides is 1. The minimum Gasteiger partial charge on any atom is -0.466 e. The van der Waals surface area contributed by atoms with Crippen LogP contribution in [0.1, 0.15) is 29.8 Å². The smallest absolute Gasteiger partial charge is 0.324 e. The van der Waals surface area contributed by atoms with E-state index < -0.39 is 0 Å². The van der Waals surface area contributed by atoms with E-state index in [-0.39, 0.29) is 16.8 Å². The average molecular weight is 565 g/mol. The lowest BCUT2D eigenvalue weighted by Gasteiger charge is -2.08. The van der Waals surface area contributed by atoms with Gasteiger partial charge in [0.05, 0.1) is 19.6 Å². The van der Waals surface area contributed by atoms with E-state index in [0.717, 1.165) is 20.1 Å². The first-order chi connectivity index (χ1) is 12.9. The van der Waals surface area contributed by atoms with Gasteiger partial charge in [-0.05, 0) is 49.2 Å². The van der Waals surface area contributed by atoms with Crippen LogP contribution in [0.2, 0.25) is 0 Å². The number of benzene rings is 2. The highest BCUT2D eigenvalue weighted by Gasteiger charge is 2.17. The topological polar surface area (TPSA) is 52.6 Å². The lowest BCUT2D eigenvalue weighted by atomic mass is 10.1. The first kappa shape index (κ1) is 23.9. The standard InChI is InChI=1S/C10H10Br2O2.C10H11BrO2/c1-2-14-10(13)9(12)7-3-5-8(11)6-4-7;1-2-13-10(12)7-8-3-5-9(11)6-4-8/h3-6,9H,2H2,1H3;3-6H,2,7H2,1H3. The maximum atomic E-state index is 11.3. The molecule has 0 heterocycles. The summed E-state index contributed by atoms with van der Waals surface area (Å²) in [5.74, 6) is -0.431. The molecule has 2 aromatic rings. The Balaban J connectivity index is 0.000000271. The van der Waals surface area contributed by atoms with Gasteiger partial charge in [-0.1, -0.05) is 72.1 Å². The van der Waals surface area contributed by atoms with Gasteiger partial charge in [0, 0.05) is 8.95 Å². The highest BCUT2D eigenvalue weighted by Crippen LogP contribution is 2.25. The van der Waals surface area contributed by atoms with Crippen molar-refractivity contribution in [3.05, 3.63) is 68.6 Å². The van der Waals surface area contributed by atoms with Crippen molar-refractivity contribution < 1.29 is 19.1 Å². The number of halogens is 3. The Kier molecular flexibility index (Phi) is 11.6. The average Bonchev–Trinajstić information content (AvgIpc) is 2.64. The predicted octanol–water partition coefficient (Wildman–Crippen LogP) is 6.00. The monoisotopic (exact) mass is 562 g/mol. The van der Waals surface area contributed by atoms with Gasteiger partial charge in [0.15, 0.2) is 0 Å². The first-order valence-electron chi connectivity index (χ1n) is 8.33. The van der Waals surface area contributed by atoms with Crippen LogP contribution >= 0.6 is 47.8 Å². The fourth-order valence-corrected chi connectivity index (χ4v) is 2.93. The number of carbonyl (C=O) groups excluding carboxylic acids is 2. The third-order valence-corrected chi connectivity index (χ3v) is 5.18. The summed E-state index contributed by atoms with van der Waals surface area (Å²) in [5, 5.41) is 0. The molecule has 0 radical (unpaired) electrons. The molecule has 0 amide bonds. The van der Waals surface area contributed by atoms with E-state index in [2.05, 4.69) is 47.8 Å². The molecule has 0 N–H and O–H groups in total. The van der Waals surface area contributed by atoms with Crippen LogP contribution in [0.3, 0.4) is 0 Å². The van der Waals surface area contributed by atoms with Gasteiger partial charge in [0.2, 0.25) is 0 Å². The minimum atomic E-state index is -0.379. The van der Waals surface area contributed by atoms with Gasteiger partial charge in [-0.25, -0.2) is 0 Å². The fraction of sp³-hybridized carbons (Fsp3) is 0.300. The molecule has 2 aromatic carbocycles. The van der Waals surface area contributed by atoms with E-state index in [1.165, 1.54) is 0 Å². The number of ether oxygens (including phenoxy) is 2. The molecule has 2 rings (SSSR count). The highest BCUT2D eigenvalue weighted by atomic mass is 79.9. The second-order valence-corrected chi connectivity index (χ2v) is 8.02. The molecule has 0 spiro atoms. The molecule has 146 valence electrons. The van der Waals surface area contributed by atoms with Gasteiger partial charge in [0.1, 0.15) is 4.83 Å². The Bertz CT molecular complexity index is 715. The van der Waals surface area contributed by atoms with Gasteiger partial charge in [-0.2, -0.15) is 0 Å². The molecule has 1 atom stereocenters. The molecule has 0 saturated carbocycles. The van der Waals surface area contributed by atoms with Crippen LogP contribution in [0.5, 0.6) is 0 Å². The van der Waals surface area contributed by atoms with E-state index in [1.54, 1.807) is 13.8 Å². The van der Waals surface area contributed by atoms with Crippen molar-refractivity contribution in [3.8, 4) is 0 Å². The molecule has 0 aliphatic heterocycles. The maximum absolute atomic E-state index is 11.3. The van der Waals surface area contributed by atoms with Crippen LogP contribution in [0.15, 0.2) is 57.5 Å². The Morgan fingerprint density at radius 1 is 0.852 bits per heavy atom. The highest BCUT2D eigenvalue weighted by molar-refractivity contribution is 9.10. The van der Waals surface area contributed by atoms with E-state index in [0.29, 0.717) is 19.6 Å². The normalized spacial score (nSPS) is 11.0. The van der Waals surface area contributed by atoms with E-state index in [9.17, 15) is 9.59 Å². The Morgan fingerprint density at radius 3 is 1.81 bits per heavy atom. The van der Waals surface area contributed by atoms with Crippen LogP contribution in [-0.4, -0.2) is 25.2 Å². The molecule has 0 bridgehead atoms. The van der Waals surface area contributed by atoms with Gasteiger partial charge < -0.3 is 9.47 Å². The summed E-state index contributed by atoms with van der Waals surface area (Å²) in [7, 11) is 0. The van der Waals surface area contributed by atoms with Gasteiger partial charge in [-0.15, -0.1) is 0 Å². The first-order valence-corrected chi connectivity index (χ1v) is 10.8. The molecule has 0 saturated heterocycles. The summed E-state index contributed by atoms with van der Waals surface area (Å²) in [6, 6.07) is 15.2. The van der Waals surface area contributed by atoms with E-state index >= 15 is 0 Å². The number of esters is 2. The molecule has 0 aliphatic rings. The zero-order valence-electron chi connectivity index (χ0n) is 15.1. The number of rotatable bonds is 6. The van der Waals surface area contributed by atoms with Crippen molar-refractivity contribution in [1.82, 2.24) is 0 Å². The molecule has 27 heavy (non-hydrogen) atoms. The Hall–Kier alpha value is -1.18. The van der Waals surface area contributed by atoms with Crippen LogP contribution < -0.4 is 0 Å². The third-order valence-electron chi connectivity index (χ3n) is 3.22. The van der Waals surface area contributed by atoms with Crippen molar-refractivity contribution in [1.29, 1.82) is 0 Å². The van der Waals surface area contributed by atoms with Gasteiger partial charge >= 0.3 is 11.9 Å². The zero-order chi connectivity index (χ0) is 20.2. The molecule has 0 fully saturated rings. The van der Waals surface area contributed by atoms with Crippen LogP contribution in [-0.2, 0) is 25.5 Å². The summed E-state index contributed by atoms with van der Waals surface area (Å²) in [5.41, 5.74) is 1.87. The number of hydrogen-bond acceptors (Lipinski definition) is 4. The van der Waals surface area contributed by atoms with Crippen LogP contribution in [0, 0.1) is 0 Å². The second-order valence-electron chi connectivity index (χ2n) is 5.27. The number of hydrogen-bond donors (Lipinski definition) is 0. The Labute approximate surface area is 185 Å². The van der Waals surface area contributed by atoms with Crippen molar-refractivity contribution in [2.24, 2.45) is 0 Å². The van der Waals surface area contributed by atoms with Crippen molar-refractivity contribution >= 4 is 59.7 Å². The van der Waals surface area contributed by atoms with Crippen molar-refractivity contribution in [3.63, 3.8) is 0 Å². The second kappa shape index (κ2) is 13.1. The lowest BCUT2D eigenvalue weighted by molar-refractivity contribution is -0.143. The van der Waals surface area contributed by atoms with Crippen LogP contribution in [0.25, 0.3) is 0 Å². The molecular formula is C20H21Br3O4. The quantitative estimate of drug-likeness (QED) is 0.319. The maximum Gasteiger partial charge on any atom is 0.324 e. The SMILES string of the molecule is CCOC(=O)C(Br)c1ccc(Br)cc1.CCOC(=O)Cc1ccc(Br)cc1. The predicted molar refractivity (Wildman–Crippen MR) is 117 cm³/mol. The summed E-state index contributed by atoms with van der Waals surface area (Å²) in [4.78, 5) is 22.0.